The maximum absolute atomic E-state index is 13.0. The van der Waals surface area contributed by atoms with Gasteiger partial charge in [-0.2, -0.15) is 0 Å². The molecule has 6 heteroatoms. The molecule has 5 rings (SSSR count). The Morgan fingerprint density at radius 1 is 1.00 bits per heavy atom. The molecule has 0 bridgehead atoms. The highest BCUT2D eigenvalue weighted by Crippen LogP contribution is 2.34. The summed E-state index contributed by atoms with van der Waals surface area (Å²) in [6, 6.07) is 14.3. The summed E-state index contributed by atoms with van der Waals surface area (Å²) in [4.78, 5) is 4.43. The third-order valence-corrected chi connectivity index (χ3v) is 6.51. The van der Waals surface area contributed by atoms with E-state index in [0.717, 1.165) is 47.8 Å². The van der Waals surface area contributed by atoms with Crippen molar-refractivity contribution in [3.05, 3.63) is 66.1 Å². The highest BCUT2D eigenvalue weighted by atomic mass is 32.2. The highest BCUT2D eigenvalue weighted by Gasteiger charge is 2.21. The molecule has 27 heavy (non-hydrogen) atoms. The molecule has 0 saturated carbocycles. The van der Waals surface area contributed by atoms with Crippen LogP contribution in [0.5, 0.6) is 0 Å². The lowest BCUT2D eigenvalue weighted by atomic mass is 9.96. The normalized spacial score (nSPS) is 14.4. The minimum Gasteiger partial charge on any atom is -0.461 e. The van der Waals surface area contributed by atoms with Crippen LogP contribution in [0.3, 0.4) is 0 Å². The molecule has 2 aromatic heterocycles. The monoisotopic (exact) mass is 378 g/mol. The second-order valence-electron chi connectivity index (χ2n) is 6.86. The number of para-hydroxylation sites is 1. The van der Waals surface area contributed by atoms with Crippen molar-refractivity contribution in [2.24, 2.45) is 0 Å². The van der Waals surface area contributed by atoms with Crippen molar-refractivity contribution >= 4 is 37.6 Å². The van der Waals surface area contributed by atoms with E-state index in [4.69, 9.17) is 4.42 Å². The standard InChI is InChI=1S/C21H18N2O3S/c24-27(25,20-9-3-5-14-6-4-12-22-21(14)20)23-15-10-11-19-17(13-15)16-7-1-2-8-18(16)26-19/h3-6,9-13,23H,1-2,7-8H2. The number of nitrogens with one attached hydrogen (secondary N) is 1. The molecule has 0 unspecified atom stereocenters. The predicted molar refractivity (Wildman–Crippen MR) is 105 cm³/mol. The van der Waals surface area contributed by atoms with E-state index >= 15 is 0 Å². The molecule has 0 aliphatic heterocycles. The number of hydrogen-bond acceptors (Lipinski definition) is 4. The van der Waals surface area contributed by atoms with Crippen LogP contribution >= 0.6 is 0 Å². The van der Waals surface area contributed by atoms with Gasteiger partial charge in [0.1, 0.15) is 16.2 Å². The lowest BCUT2D eigenvalue weighted by molar-refractivity contribution is 0.506. The zero-order valence-electron chi connectivity index (χ0n) is 14.6. The van der Waals surface area contributed by atoms with E-state index in [1.807, 2.05) is 24.3 Å². The smallest absolute Gasteiger partial charge is 0.264 e. The molecule has 2 heterocycles. The van der Waals surface area contributed by atoms with Crippen LogP contribution in [-0.4, -0.2) is 13.4 Å². The van der Waals surface area contributed by atoms with Gasteiger partial charge < -0.3 is 4.42 Å². The highest BCUT2D eigenvalue weighted by molar-refractivity contribution is 7.93. The number of fused-ring (bicyclic) bond motifs is 4. The third kappa shape index (κ3) is 2.77. The average molecular weight is 378 g/mol. The lowest BCUT2D eigenvalue weighted by Gasteiger charge is -2.11. The third-order valence-electron chi connectivity index (χ3n) is 5.09. The largest absolute Gasteiger partial charge is 0.461 e. The fourth-order valence-electron chi connectivity index (χ4n) is 3.83. The van der Waals surface area contributed by atoms with Gasteiger partial charge in [0.25, 0.3) is 10.0 Å². The van der Waals surface area contributed by atoms with E-state index in [-0.39, 0.29) is 4.90 Å². The van der Waals surface area contributed by atoms with Crippen molar-refractivity contribution in [1.82, 2.24) is 4.98 Å². The zero-order valence-corrected chi connectivity index (χ0v) is 15.4. The number of hydrogen-bond donors (Lipinski definition) is 1. The van der Waals surface area contributed by atoms with Crippen LogP contribution < -0.4 is 4.72 Å². The number of sulfonamides is 1. The number of furan rings is 1. The van der Waals surface area contributed by atoms with Crippen LogP contribution in [0.25, 0.3) is 21.9 Å². The van der Waals surface area contributed by atoms with Gasteiger partial charge in [-0.05, 0) is 49.6 Å². The lowest BCUT2D eigenvalue weighted by Crippen LogP contribution is -2.13. The number of anilines is 1. The first-order valence-electron chi connectivity index (χ1n) is 9.03. The Labute approximate surface area is 157 Å². The van der Waals surface area contributed by atoms with Gasteiger partial charge in [0.15, 0.2) is 0 Å². The van der Waals surface area contributed by atoms with E-state index in [9.17, 15) is 8.42 Å². The average Bonchev–Trinajstić information content (AvgIpc) is 3.05. The molecule has 1 aliphatic carbocycles. The fraction of sp³-hybridized carbons (Fsp3) is 0.190. The molecule has 1 N–H and O–H groups in total. The maximum atomic E-state index is 13.0. The number of rotatable bonds is 3. The number of benzene rings is 2. The van der Waals surface area contributed by atoms with Crippen LogP contribution in [0.15, 0.2) is 64.0 Å². The Bertz CT molecular complexity index is 1270. The molecule has 5 nitrogen and oxygen atoms in total. The van der Waals surface area contributed by atoms with E-state index in [1.54, 1.807) is 30.5 Å². The van der Waals surface area contributed by atoms with E-state index in [1.165, 1.54) is 5.56 Å². The van der Waals surface area contributed by atoms with E-state index < -0.39 is 10.0 Å². The fourth-order valence-corrected chi connectivity index (χ4v) is 5.06. The van der Waals surface area contributed by atoms with Gasteiger partial charge in [-0.3, -0.25) is 9.71 Å². The second kappa shape index (κ2) is 6.09. The van der Waals surface area contributed by atoms with Gasteiger partial charge in [-0.25, -0.2) is 8.42 Å². The van der Waals surface area contributed by atoms with Gasteiger partial charge in [0, 0.05) is 34.6 Å². The van der Waals surface area contributed by atoms with Gasteiger partial charge in [-0.15, -0.1) is 0 Å². The Morgan fingerprint density at radius 2 is 1.85 bits per heavy atom. The molecule has 1 aliphatic rings. The first kappa shape index (κ1) is 16.3. The number of aryl methyl sites for hydroxylation is 2. The minimum atomic E-state index is -3.76. The van der Waals surface area contributed by atoms with Crippen molar-refractivity contribution in [3.63, 3.8) is 0 Å². The molecule has 0 amide bonds. The Hall–Kier alpha value is -2.86. The molecule has 4 aromatic rings. The van der Waals surface area contributed by atoms with Gasteiger partial charge in [-0.1, -0.05) is 18.2 Å². The molecule has 0 spiro atoms. The first-order valence-corrected chi connectivity index (χ1v) is 10.5. The summed E-state index contributed by atoms with van der Waals surface area (Å²) in [5, 5.41) is 1.79. The van der Waals surface area contributed by atoms with Crippen LogP contribution in [0.4, 0.5) is 5.69 Å². The Morgan fingerprint density at radius 3 is 2.78 bits per heavy atom. The van der Waals surface area contributed by atoms with Gasteiger partial charge >= 0.3 is 0 Å². The predicted octanol–water partition coefficient (Wildman–Crippen LogP) is 4.66. The molecular weight excluding hydrogens is 360 g/mol. The maximum Gasteiger partial charge on any atom is 0.264 e. The van der Waals surface area contributed by atoms with E-state index in [0.29, 0.717) is 11.2 Å². The molecule has 0 saturated heterocycles. The van der Waals surface area contributed by atoms with Crippen molar-refractivity contribution in [2.75, 3.05) is 4.72 Å². The van der Waals surface area contributed by atoms with Crippen molar-refractivity contribution in [2.45, 2.75) is 30.6 Å². The molecule has 2 aromatic carbocycles. The quantitative estimate of drug-likeness (QED) is 0.563. The second-order valence-corrected chi connectivity index (χ2v) is 8.51. The van der Waals surface area contributed by atoms with Crippen LogP contribution in [0.1, 0.15) is 24.2 Å². The number of nitrogens with zero attached hydrogens (tertiary/aromatic N) is 1. The molecule has 136 valence electrons. The SMILES string of the molecule is O=S(=O)(Nc1ccc2oc3c(c2c1)CCCC3)c1cccc2cccnc12. The van der Waals surface area contributed by atoms with Crippen molar-refractivity contribution in [3.8, 4) is 0 Å². The summed E-state index contributed by atoms with van der Waals surface area (Å²) in [6.45, 7) is 0. The van der Waals surface area contributed by atoms with Crippen molar-refractivity contribution in [1.29, 1.82) is 0 Å². The number of aromatic nitrogens is 1. The zero-order chi connectivity index (χ0) is 18.4. The van der Waals surface area contributed by atoms with Gasteiger partial charge in [0.2, 0.25) is 0 Å². The summed E-state index contributed by atoms with van der Waals surface area (Å²) in [7, 11) is -3.76. The summed E-state index contributed by atoms with van der Waals surface area (Å²) in [5.74, 6) is 1.04. The van der Waals surface area contributed by atoms with Crippen molar-refractivity contribution < 1.29 is 12.8 Å². The van der Waals surface area contributed by atoms with Gasteiger partial charge in [0.05, 0.1) is 5.52 Å². The molecular formula is C21H18N2O3S. The number of pyridine rings is 1. The molecule has 0 fully saturated rings. The minimum absolute atomic E-state index is 0.176. The topological polar surface area (TPSA) is 72.2 Å². The Balaban J connectivity index is 1.57. The summed E-state index contributed by atoms with van der Waals surface area (Å²) in [5.41, 5.74) is 3.03. The first-order chi connectivity index (χ1) is 13.1. The van der Waals surface area contributed by atoms with Crippen LogP contribution in [-0.2, 0) is 22.9 Å². The van der Waals surface area contributed by atoms with Crippen LogP contribution in [0.2, 0.25) is 0 Å². The van der Waals surface area contributed by atoms with E-state index in [2.05, 4.69) is 9.71 Å². The molecule has 0 atom stereocenters. The van der Waals surface area contributed by atoms with Crippen LogP contribution in [0, 0.1) is 0 Å². The summed E-state index contributed by atoms with van der Waals surface area (Å²) < 4.78 is 34.6. The Kier molecular flexibility index (Phi) is 3.68. The summed E-state index contributed by atoms with van der Waals surface area (Å²) in [6.07, 6.45) is 5.81. The summed E-state index contributed by atoms with van der Waals surface area (Å²) >= 11 is 0. The molecule has 0 radical (unpaired) electrons.